The number of hydrogen-bond acceptors (Lipinski definition) is 3. The number of aliphatic hydroxyl groups is 1. The van der Waals surface area contributed by atoms with Gasteiger partial charge in [-0.3, -0.25) is 0 Å². The van der Waals surface area contributed by atoms with Gasteiger partial charge < -0.3 is 10.4 Å². The zero-order chi connectivity index (χ0) is 15.2. The largest absolute Gasteiger partial charge is 0.446 e. The number of benzene rings is 1. The Kier molecular flexibility index (Phi) is 6.85. The highest BCUT2D eigenvalue weighted by Gasteiger charge is 2.28. The topological polar surface area (TPSA) is 32.3 Å². The second kappa shape index (κ2) is 7.90. The van der Waals surface area contributed by atoms with Gasteiger partial charge in [0.15, 0.2) is 0 Å². The molecule has 0 saturated heterocycles. The third kappa shape index (κ3) is 6.63. The number of nitrogens with one attached hydrogen (secondary N) is 1. The SMILES string of the molecule is CC(C)C(CCO)NCc1ccc(SC(F)(F)F)cc1. The third-order valence-corrected chi connectivity index (χ3v) is 3.71. The predicted molar refractivity (Wildman–Crippen MR) is 75.5 cm³/mol. The highest BCUT2D eigenvalue weighted by atomic mass is 32.2. The van der Waals surface area contributed by atoms with Gasteiger partial charge in [0.1, 0.15) is 0 Å². The molecule has 0 saturated carbocycles. The molecule has 0 amide bonds. The van der Waals surface area contributed by atoms with E-state index >= 15 is 0 Å². The first kappa shape index (κ1) is 17.3. The number of thioether (sulfide) groups is 1. The Balaban J connectivity index is 2.52. The van der Waals surface area contributed by atoms with Crippen molar-refractivity contribution in [3.8, 4) is 0 Å². The molecule has 0 spiro atoms. The molecule has 1 aromatic carbocycles. The first-order valence-corrected chi connectivity index (χ1v) is 7.32. The van der Waals surface area contributed by atoms with Crippen molar-refractivity contribution in [1.29, 1.82) is 0 Å². The Morgan fingerprint density at radius 1 is 1.20 bits per heavy atom. The van der Waals surface area contributed by atoms with E-state index in [0.717, 1.165) is 5.56 Å². The molecule has 0 fully saturated rings. The van der Waals surface area contributed by atoms with Crippen LogP contribution in [0.25, 0.3) is 0 Å². The molecule has 2 N–H and O–H groups in total. The van der Waals surface area contributed by atoms with Gasteiger partial charge >= 0.3 is 5.51 Å². The minimum absolute atomic E-state index is 0.107. The van der Waals surface area contributed by atoms with Gasteiger partial charge in [-0.2, -0.15) is 13.2 Å². The van der Waals surface area contributed by atoms with E-state index in [-0.39, 0.29) is 29.3 Å². The van der Waals surface area contributed by atoms with Crippen LogP contribution in [0.15, 0.2) is 29.2 Å². The molecule has 0 aliphatic carbocycles. The van der Waals surface area contributed by atoms with Crippen LogP contribution in [0.3, 0.4) is 0 Å². The highest BCUT2D eigenvalue weighted by molar-refractivity contribution is 8.00. The Morgan fingerprint density at radius 2 is 1.80 bits per heavy atom. The molecule has 1 unspecified atom stereocenters. The third-order valence-electron chi connectivity index (χ3n) is 2.97. The second-order valence-electron chi connectivity index (χ2n) is 4.94. The van der Waals surface area contributed by atoms with Gasteiger partial charge in [0, 0.05) is 24.1 Å². The lowest BCUT2D eigenvalue weighted by Gasteiger charge is -2.21. The van der Waals surface area contributed by atoms with E-state index in [0.29, 0.717) is 18.9 Å². The smallest absolute Gasteiger partial charge is 0.396 e. The number of alkyl halides is 3. The highest BCUT2D eigenvalue weighted by Crippen LogP contribution is 2.36. The molecule has 0 aromatic heterocycles. The summed E-state index contributed by atoms with van der Waals surface area (Å²) in [5.41, 5.74) is -3.32. The van der Waals surface area contributed by atoms with Gasteiger partial charge in [-0.05, 0) is 41.8 Å². The van der Waals surface area contributed by atoms with Crippen LogP contribution in [0.4, 0.5) is 13.2 Å². The summed E-state index contributed by atoms with van der Waals surface area (Å²) in [6, 6.07) is 6.54. The molecule has 1 atom stereocenters. The minimum atomic E-state index is -4.25. The average molecular weight is 307 g/mol. The molecule has 0 radical (unpaired) electrons. The normalized spacial score (nSPS) is 13.8. The summed E-state index contributed by atoms with van der Waals surface area (Å²) in [5.74, 6) is 0.391. The maximum absolute atomic E-state index is 12.2. The molecule has 6 heteroatoms. The monoisotopic (exact) mass is 307 g/mol. The summed E-state index contributed by atoms with van der Waals surface area (Å²) in [5, 5.41) is 12.3. The molecule has 114 valence electrons. The lowest BCUT2D eigenvalue weighted by Crippen LogP contribution is -2.34. The first-order chi connectivity index (χ1) is 9.31. The van der Waals surface area contributed by atoms with Gasteiger partial charge in [0.05, 0.1) is 0 Å². The fourth-order valence-corrected chi connectivity index (χ4v) is 2.41. The number of hydrogen-bond donors (Lipinski definition) is 2. The summed E-state index contributed by atoms with van der Waals surface area (Å²) < 4.78 is 36.6. The van der Waals surface area contributed by atoms with Crippen molar-refractivity contribution in [3.05, 3.63) is 29.8 Å². The summed E-state index contributed by atoms with van der Waals surface area (Å²) in [7, 11) is 0. The summed E-state index contributed by atoms with van der Waals surface area (Å²) in [4.78, 5) is 0.192. The van der Waals surface area contributed by atoms with E-state index in [1.165, 1.54) is 12.1 Å². The molecule has 0 aliphatic heterocycles. The molecular formula is C14H20F3NOS. The number of aliphatic hydroxyl groups excluding tert-OH is 1. The fraction of sp³-hybridized carbons (Fsp3) is 0.571. The van der Waals surface area contributed by atoms with Crippen molar-refractivity contribution in [3.63, 3.8) is 0 Å². The van der Waals surface area contributed by atoms with E-state index in [4.69, 9.17) is 5.11 Å². The van der Waals surface area contributed by atoms with Crippen LogP contribution in [-0.2, 0) is 6.54 Å². The van der Waals surface area contributed by atoms with Crippen LogP contribution in [0, 0.1) is 5.92 Å². The lowest BCUT2D eigenvalue weighted by atomic mass is 10.0. The van der Waals surface area contributed by atoms with E-state index in [9.17, 15) is 13.2 Å². The second-order valence-corrected chi connectivity index (χ2v) is 6.07. The van der Waals surface area contributed by atoms with Gasteiger partial charge in [-0.25, -0.2) is 0 Å². The standard InChI is InChI=1S/C14H20F3NOS/c1-10(2)13(7-8-19)18-9-11-3-5-12(6-4-11)20-14(15,16)17/h3-6,10,13,18-19H,7-9H2,1-2H3. The van der Waals surface area contributed by atoms with Crippen LogP contribution in [0.5, 0.6) is 0 Å². The summed E-state index contributed by atoms with van der Waals surface area (Å²) in [6.45, 7) is 4.84. The van der Waals surface area contributed by atoms with Crippen molar-refractivity contribution in [1.82, 2.24) is 5.32 Å². The van der Waals surface area contributed by atoms with E-state index in [1.807, 2.05) is 0 Å². The Morgan fingerprint density at radius 3 is 2.25 bits per heavy atom. The average Bonchev–Trinajstić information content (AvgIpc) is 2.34. The van der Waals surface area contributed by atoms with Gasteiger partial charge in [-0.15, -0.1) is 0 Å². The van der Waals surface area contributed by atoms with Crippen LogP contribution >= 0.6 is 11.8 Å². The molecule has 1 rings (SSSR count). The maximum Gasteiger partial charge on any atom is 0.446 e. The lowest BCUT2D eigenvalue weighted by molar-refractivity contribution is -0.0328. The zero-order valence-corrected chi connectivity index (χ0v) is 12.4. The minimum Gasteiger partial charge on any atom is -0.396 e. The zero-order valence-electron chi connectivity index (χ0n) is 11.6. The van der Waals surface area contributed by atoms with Crippen LogP contribution in [-0.4, -0.2) is 23.3 Å². The quantitative estimate of drug-likeness (QED) is 0.752. The van der Waals surface area contributed by atoms with Crippen molar-refractivity contribution < 1.29 is 18.3 Å². The van der Waals surface area contributed by atoms with Crippen LogP contribution in [0.2, 0.25) is 0 Å². The van der Waals surface area contributed by atoms with Crippen molar-refractivity contribution >= 4 is 11.8 Å². The summed E-state index contributed by atoms with van der Waals surface area (Å²) in [6.07, 6.45) is 0.666. The van der Waals surface area contributed by atoms with Crippen LogP contribution < -0.4 is 5.32 Å². The van der Waals surface area contributed by atoms with Crippen LogP contribution in [0.1, 0.15) is 25.8 Å². The van der Waals surface area contributed by atoms with Gasteiger partial charge in [0.25, 0.3) is 0 Å². The van der Waals surface area contributed by atoms with E-state index in [2.05, 4.69) is 19.2 Å². The predicted octanol–water partition coefficient (Wildman–Crippen LogP) is 3.80. The summed E-state index contributed by atoms with van der Waals surface area (Å²) >= 11 is -0.107. The molecule has 0 bridgehead atoms. The molecule has 0 aliphatic rings. The molecule has 20 heavy (non-hydrogen) atoms. The fourth-order valence-electron chi connectivity index (χ4n) is 1.87. The van der Waals surface area contributed by atoms with E-state index in [1.54, 1.807) is 12.1 Å². The van der Waals surface area contributed by atoms with Crippen molar-refractivity contribution in [2.75, 3.05) is 6.61 Å². The molecule has 1 aromatic rings. The number of rotatable bonds is 7. The maximum atomic E-state index is 12.2. The van der Waals surface area contributed by atoms with Crippen molar-refractivity contribution in [2.45, 2.75) is 43.3 Å². The first-order valence-electron chi connectivity index (χ1n) is 6.50. The van der Waals surface area contributed by atoms with E-state index < -0.39 is 5.51 Å². The Labute approximate surface area is 121 Å². The van der Waals surface area contributed by atoms with Gasteiger partial charge in [0.2, 0.25) is 0 Å². The number of halogens is 3. The van der Waals surface area contributed by atoms with Crippen molar-refractivity contribution in [2.24, 2.45) is 5.92 Å². The molecule has 2 nitrogen and oxygen atoms in total. The Hall–Kier alpha value is -0.720. The molecule has 0 heterocycles. The molecular weight excluding hydrogens is 287 g/mol. The van der Waals surface area contributed by atoms with Gasteiger partial charge in [-0.1, -0.05) is 26.0 Å². The Bertz CT molecular complexity index is 392.